The van der Waals surface area contributed by atoms with Gasteiger partial charge in [-0.3, -0.25) is 4.98 Å². The summed E-state index contributed by atoms with van der Waals surface area (Å²) in [7, 11) is 0. The Morgan fingerprint density at radius 1 is 1.06 bits per heavy atom. The Balaban J connectivity index is 1.69. The molecule has 3 N–H and O–H groups in total. The third-order valence-corrected chi connectivity index (χ3v) is 5.49. The molecular formula is C24H29N7O. The molecule has 0 bridgehead atoms. The van der Waals surface area contributed by atoms with Crippen LogP contribution in [0.15, 0.2) is 55.0 Å². The van der Waals surface area contributed by atoms with Gasteiger partial charge in [0.2, 0.25) is 11.9 Å². The normalized spacial score (nSPS) is 12.3. The molecule has 0 saturated carbocycles. The Morgan fingerprint density at radius 2 is 1.88 bits per heavy atom. The molecule has 8 nitrogen and oxygen atoms in total. The lowest BCUT2D eigenvalue weighted by atomic mass is 10.0. The average Bonchev–Trinajstić information content (AvgIpc) is 3.26. The van der Waals surface area contributed by atoms with Crippen molar-refractivity contribution in [2.24, 2.45) is 0 Å². The van der Waals surface area contributed by atoms with Crippen LogP contribution in [-0.2, 0) is 6.54 Å². The van der Waals surface area contributed by atoms with Crippen LogP contribution in [0.25, 0.3) is 16.8 Å². The van der Waals surface area contributed by atoms with Crippen molar-refractivity contribution >= 4 is 17.5 Å². The van der Waals surface area contributed by atoms with E-state index in [0.717, 1.165) is 34.3 Å². The zero-order valence-corrected chi connectivity index (χ0v) is 18.7. The van der Waals surface area contributed by atoms with Crippen LogP contribution in [-0.4, -0.2) is 42.3 Å². The number of anilines is 2. The third kappa shape index (κ3) is 4.55. The first-order chi connectivity index (χ1) is 15.6. The van der Waals surface area contributed by atoms with E-state index >= 15 is 0 Å². The van der Waals surface area contributed by atoms with Crippen molar-refractivity contribution in [3.8, 4) is 11.1 Å². The van der Waals surface area contributed by atoms with Gasteiger partial charge in [-0.05, 0) is 35.1 Å². The van der Waals surface area contributed by atoms with E-state index in [1.807, 2.05) is 43.6 Å². The average molecular weight is 432 g/mol. The molecule has 4 rings (SSSR count). The highest BCUT2D eigenvalue weighted by atomic mass is 16.3. The van der Waals surface area contributed by atoms with Crippen molar-refractivity contribution in [3.63, 3.8) is 0 Å². The molecule has 0 radical (unpaired) electrons. The first kappa shape index (κ1) is 21.7. The third-order valence-electron chi connectivity index (χ3n) is 5.49. The van der Waals surface area contributed by atoms with Gasteiger partial charge in [-0.25, -0.2) is 0 Å². The minimum absolute atomic E-state index is 0.0141. The number of aromatic nitrogens is 5. The van der Waals surface area contributed by atoms with E-state index in [2.05, 4.69) is 56.7 Å². The number of rotatable bonds is 9. The minimum Gasteiger partial charge on any atom is -0.394 e. The molecule has 1 atom stereocenters. The smallest absolute Gasteiger partial charge is 0.229 e. The summed E-state index contributed by atoms with van der Waals surface area (Å²) in [4.78, 5) is 13.7. The quantitative estimate of drug-likeness (QED) is 0.367. The fourth-order valence-corrected chi connectivity index (χ4v) is 3.58. The van der Waals surface area contributed by atoms with Crippen molar-refractivity contribution in [1.82, 2.24) is 24.6 Å². The first-order valence-electron chi connectivity index (χ1n) is 11.0. The van der Waals surface area contributed by atoms with Gasteiger partial charge in [0.15, 0.2) is 5.65 Å². The first-order valence-corrected chi connectivity index (χ1v) is 11.0. The maximum atomic E-state index is 9.61. The number of fused-ring (bicyclic) bond motifs is 1. The van der Waals surface area contributed by atoms with Gasteiger partial charge in [0.25, 0.3) is 0 Å². The summed E-state index contributed by atoms with van der Waals surface area (Å²) in [6.07, 6.45) is 6.28. The molecule has 0 saturated heterocycles. The molecule has 8 heteroatoms. The second kappa shape index (κ2) is 9.74. The summed E-state index contributed by atoms with van der Waals surface area (Å²) in [6.45, 7) is 6.78. The molecule has 4 aromatic rings. The number of aliphatic hydroxyl groups excluding tert-OH is 1. The minimum atomic E-state index is -0.112. The highest BCUT2D eigenvalue weighted by Crippen LogP contribution is 2.25. The highest BCUT2D eigenvalue weighted by molar-refractivity contribution is 5.67. The number of benzene rings is 1. The number of hydrogen-bond acceptors (Lipinski definition) is 7. The molecule has 0 aliphatic carbocycles. The van der Waals surface area contributed by atoms with Gasteiger partial charge in [0, 0.05) is 24.5 Å². The summed E-state index contributed by atoms with van der Waals surface area (Å²) < 4.78 is 1.74. The second-order valence-corrected chi connectivity index (χ2v) is 8.05. The van der Waals surface area contributed by atoms with Gasteiger partial charge in [-0.1, -0.05) is 51.1 Å². The molecule has 166 valence electrons. The van der Waals surface area contributed by atoms with Gasteiger partial charge in [-0.15, -0.1) is 0 Å². The molecule has 1 aromatic carbocycles. The molecular weight excluding hydrogens is 402 g/mol. The number of hydrogen-bond donors (Lipinski definition) is 3. The van der Waals surface area contributed by atoms with E-state index in [1.54, 1.807) is 10.7 Å². The fraction of sp³-hybridized carbons (Fsp3) is 0.333. The predicted octanol–water partition coefficient (Wildman–Crippen LogP) is 4.10. The fourth-order valence-electron chi connectivity index (χ4n) is 3.58. The lowest BCUT2D eigenvalue weighted by molar-refractivity contribution is 0.271. The largest absolute Gasteiger partial charge is 0.394 e. The van der Waals surface area contributed by atoms with Crippen LogP contribution < -0.4 is 10.6 Å². The Kier molecular flexibility index (Phi) is 6.61. The lowest BCUT2D eigenvalue weighted by Gasteiger charge is -2.16. The van der Waals surface area contributed by atoms with Crippen molar-refractivity contribution in [2.45, 2.75) is 45.7 Å². The predicted molar refractivity (Wildman–Crippen MR) is 127 cm³/mol. The van der Waals surface area contributed by atoms with E-state index in [9.17, 15) is 5.11 Å². The Hall–Kier alpha value is -3.52. The van der Waals surface area contributed by atoms with E-state index in [1.165, 1.54) is 0 Å². The van der Waals surface area contributed by atoms with E-state index in [-0.39, 0.29) is 18.6 Å². The standard InChI is InChI=1S/C24H29N7O/c1-4-19(15-32)28-23-29-22-21(16(2)3)14-27-31(22)24(30-23)26-13-18-12-25-11-10-20(18)17-8-6-5-7-9-17/h5-12,14,16,19,32H,4,13,15H2,1-3H3,(H2,26,28,29,30). The summed E-state index contributed by atoms with van der Waals surface area (Å²) >= 11 is 0. The van der Waals surface area contributed by atoms with Crippen LogP contribution in [0.1, 0.15) is 44.2 Å². The maximum Gasteiger partial charge on any atom is 0.229 e. The van der Waals surface area contributed by atoms with Gasteiger partial charge in [0.05, 0.1) is 18.8 Å². The van der Waals surface area contributed by atoms with Crippen LogP contribution in [0, 0.1) is 0 Å². The van der Waals surface area contributed by atoms with Crippen molar-refractivity contribution in [1.29, 1.82) is 0 Å². The van der Waals surface area contributed by atoms with Gasteiger partial charge < -0.3 is 15.7 Å². The number of nitrogens with one attached hydrogen (secondary N) is 2. The van der Waals surface area contributed by atoms with E-state index in [4.69, 9.17) is 0 Å². The molecule has 32 heavy (non-hydrogen) atoms. The van der Waals surface area contributed by atoms with Crippen LogP contribution in [0.2, 0.25) is 0 Å². The van der Waals surface area contributed by atoms with Crippen LogP contribution in [0.5, 0.6) is 0 Å². The maximum absolute atomic E-state index is 9.61. The lowest BCUT2D eigenvalue weighted by Crippen LogP contribution is -2.24. The summed E-state index contributed by atoms with van der Waals surface area (Å²) in [5.41, 5.74) is 5.10. The van der Waals surface area contributed by atoms with E-state index in [0.29, 0.717) is 18.4 Å². The van der Waals surface area contributed by atoms with Gasteiger partial charge in [-0.2, -0.15) is 19.6 Å². The number of nitrogens with zero attached hydrogens (tertiary/aromatic N) is 5. The Labute approximate surface area is 187 Å². The second-order valence-electron chi connectivity index (χ2n) is 8.05. The van der Waals surface area contributed by atoms with Crippen molar-refractivity contribution in [2.75, 3.05) is 17.2 Å². The SMILES string of the molecule is CCC(CO)Nc1nc(NCc2cnccc2-c2ccccc2)n2ncc(C(C)C)c2n1. The molecule has 0 aliphatic rings. The summed E-state index contributed by atoms with van der Waals surface area (Å²) in [5.74, 6) is 1.32. The van der Waals surface area contributed by atoms with Gasteiger partial charge >= 0.3 is 0 Å². The highest BCUT2D eigenvalue weighted by Gasteiger charge is 2.17. The molecule has 0 amide bonds. The topological polar surface area (TPSA) is 100 Å². The molecule has 0 spiro atoms. The van der Waals surface area contributed by atoms with Crippen LogP contribution in [0.4, 0.5) is 11.9 Å². The molecule has 0 fully saturated rings. The molecule has 3 heterocycles. The van der Waals surface area contributed by atoms with Crippen LogP contribution >= 0.6 is 0 Å². The zero-order valence-electron chi connectivity index (χ0n) is 18.7. The molecule has 1 unspecified atom stereocenters. The van der Waals surface area contributed by atoms with Gasteiger partial charge in [0.1, 0.15) is 0 Å². The Morgan fingerprint density at radius 3 is 2.59 bits per heavy atom. The Bertz CT molecular complexity index is 1170. The summed E-state index contributed by atoms with van der Waals surface area (Å²) in [5, 5.41) is 20.8. The monoisotopic (exact) mass is 431 g/mol. The van der Waals surface area contributed by atoms with E-state index < -0.39 is 0 Å². The number of pyridine rings is 1. The van der Waals surface area contributed by atoms with Crippen molar-refractivity contribution in [3.05, 3.63) is 66.1 Å². The zero-order chi connectivity index (χ0) is 22.5. The number of aliphatic hydroxyl groups is 1. The van der Waals surface area contributed by atoms with Crippen molar-refractivity contribution < 1.29 is 5.11 Å². The molecule has 0 aliphatic heterocycles. The molecule has 3 aromatic heterocycles. The van der Waals surface area contributed by atoms with Crippen LogP contribution in [0.3, 0.4) is 0 Å². The summed E-state index contributed by atoms with van der Waals surface area (Å²) in [6, 6.07) is 12.2.